The SMILES string of the molecule is COc1ccc(-n2ccnc(SCc3cccc(C)c3)c2=O)cc1OC. The first-order valence-corrected chi connectivity index (χ1v) is 9.09. The number of rotatable bonds is 6. The highest BCUT2D eigenvalue weighted by Gasteiger charge is 2.10. The highest BCUT2D eigenvalue weighted by Crippen LogP contribution is 2.29. The highest BCUT2D eigenvalue weighted by atomic mass is 32.2. The lowest BCUT2D eigenvalue weighted by Gasteiger charge is -2.11. The van der Waals surface area contributed by atoms with Gasteiger partial charge in [-0.3, -0.25) is 9.36 Å². The molecule has 0 unspecified atom stereocenters. The van der Waals surface area contributed by atoms with Crippen molar-refractivity contribution in [1.29, 1.82) is 0 Å². The Morgan fingerprint density at radius 1 is 1.08 bits per heavy atom. The molecule has 2 aromatic carbocycles. The van der Waals surface area contributed by atoms with Crippen molar-refractivity contribution in [2.45, 2.75) is 17.7 Å². The van der Waals surface area contributed by atoms with E-state index in [9.17, 15) is 4.79 Å². The second-order valence-corrected chi connectivity index (χ2v) is 6.69. The van der Waals surface area contributed by atoms with Crippen molar-refractivity contribution < 1.29 is 9.47 Å². The quantitative estimate of drug-likeness (QED) is 0.619. The molecule has 0 saturated carbocycles. The van der Waals surface area contributed by atoms with Gasteiger partial charge in [-0.1, -0.05) is 41.6 Å². The molecule has 0 fully saturated rings. The van der Waals surface area contributed by atoms with Gasteiger partial charge in [-0.05, 0) is 24.6 Å². The topological polar surface area (TPSA) is 53.4 Å². The molecule has 0 saturated heterocycles. The summed E-state index contributed by atoms with van der Waals surface area (Å²) in [6, 6.07) is 13.6. The first-order chi connectivity index (χ1) is 12.6. The van der Waals surface area contributed by atoms with Crippen LogP contribution < -0.4 is 15.0 Å². The maximum atomic E-state index is 12.8. The zero-order valence-corrected chi connectivity index (χ0v) is 15.7. The second-order valence-electron chi connectivity index (χ2n) is 5.72. The fourth-order valence-electron chi connectivity index (χ4n) is 2.62. The molecule has 0 radical (unpaired) electrons. The molecule has 26 heavy (non-hydrogen) atoms. The van der Waals surface area contributed by atoms with Gasteiger partial charge in [0.05, 0.1) is 19.9 Å². The number of ether oxygens (including phenoxy) is 2. The smallest absolute Gasteiger partial charge is 0.287 e. The molecule has 5 nitrogen and oxygen atoms in total. The Hall–Kier alpha value is -2.73. The van der Waals surface area contributed by atoms with Gasteiger partial charge in [0.15, 0.2) is 16.5 Å². The van der Waals surface area contributed by atoms with Gasteiger partial charge in [0, 0.05) is 24.2 Å². The van der Waals surface area contributed by atoms with E-state index >= 15 is 0 Å². The van der Waals surface area contributed by atoms with E-state index in [1.165, 1.54) is 17.3 Å². The largest absolute Gasteiger partial charge is 0.493 e. The van der Waals surface area contributed by atoms with Crippen LogP contribution in [0.4, 0.5) is 0 Å². The van der Waals surface area contributed by atoms with Gasteiger partial charge < -0.3 is 9.47 Å². The molecule has 0 aliphatic carbocycles. The van der Waals surface area contributed by atoms with Crippen LogP contribution in [0.1, 0.15) is 11.1 Å². The molecule has 1 heterocycles. The summed E-state index contributed by atoms with van der Waals surface area (Å²) in [6.45, 7) is 2.05. The Bertz CT molecular complexity index is 969. The van der Waals surface area contributed by atoms with Gasteiger partial charge in [0.1, 0.15) is 0 Å². The van der Waals surface area contributed by atoms with Gasteiger partial charge in [-0.2, -0.15) is 0 Å². The minimum Gasteiger partial charge on any atom is -0.493 e. The van der Waals surface area contributed by atoms with Crippen molar-refractivity contribution in [3.05, 3.63) is 76.3 Å². The van der Waals surface area contributed by atoms with Crippen molar-refractivity contribution in [2.24, 2.45) is 0 Å². The van der Waals surface area contributed by atoms with E-state index in [1.54, 1.807) is 43.3 Å². The molecule has 0 spiro atoms. The van der Waals surface area contributed by atoms with E-state index in [0.29, 0.717) is 28.0 Å². The molecule has 3 rings (SSSR count). The van der Waals surface area contributed by atoms with Crippen LogP contribution in [0.2, 0.25) is 0 Å². The van der Waals surface area contributed by atoms with Crippen LogP contribution in [0, 0.1) is 6.92 Å². The molecule has 0 aliphatic heterocycles. The summed E-state index contributed by atoms with van der Waals surface area (Å²) in [5, 5.41) is 0.462. The van der Waals surface area contributed by atoms with E-state index in [2.05, 4.69) is 30.1 Å². The molecule has 1 aromatic heterocycles. The maximum Gasteiger partial charge on any atom is 0.287 e. The van der Waals surface area contributed by atoms with Crippen molar-refractivity contribution in [3.63, 3.8) is 0 Å². The number of aryl methyl sites for hydroxylation is 1. The first-order valence-electron chi connectivity index (χ1n) is 8.11. The van der Waals surface area contributed by atoms with Gasteiger partial charge in [0.25, 0.3) is 5.56 Å². The lowest BCUT2D eigenvalue weighted by Crippen LogP contribution is -2.20. The molecule has 0 aliphatic rings. The summed E-state index contributed by atoms with van der Waals surface area (Å²) in [4.78, 5) is 17.1. The average Bonchev–Trinajstić information content (AvgIpc) is 2.66. The Labute approximate surface area is 156 Å². The number of thioether (sulfide) groups is 1. The standard InChI is InChI=1S/C20H20N2O3S/c1-14-5-4-6-15(11-14)13-26-19-20(23)22(10-9-21-19)16-7-8-17(24-2)18(12-16)25-3/h4-12H,13H2,1-3H3. The summed E-state index contributed by atoms with van der Waals surface area (Å²) in [5.41, 5.74) is 2.91. The van der Waals surface area contributed by atoms with Crippen LogP contribution in [0.25, 0.3) is 5.69 Å². The van der Waals surface area contributed by atoms with E-state index in [1.807, 2.05) is 12.1 Å². The van der Waals surface area contributed by atoms with Gasteiger partial charge in [-0.25, -0.2) is 4.98 Å². The molecule has 134 valence electrons. The van der Waals surface area contributed by atoms with Crippen LogP contribution in [0.15, 0.2) is 64.7 Å². The van der Waals surface area contributed by atoms with Crippen molar-refractivity contribution in [2.75, 3.05) is 14.2 Å². The van der Waals surface area contributed by atoms with Gasteiger partial charge in [0.2, 0.25) is 0 Å². The minimum atomic E-state index is -0.155. The Balaban J connectivity index is 1.89. The van der Waals surface area contributed by atoms with Crippen LogP contribution in [-0.2, 0) is 5.75 Å². The minimum absolute atomic E-state index is 0.155. The highest BCUT2D eigenvalue weighted by molar-refractivity contribution is 7.98. The summed E-state index contributed by atoms with van der Waals surface area (Å²) in [5.74, 6) is 1.88. The maximum absolute atomic E-state index is 12.8. The van der Waals surface area contributed by atoms with Crippen LogP contribution in [0.5, 0.6) is 11.5 Å². The Kier molecular flexibility index (Phi) is 5.63. The molecular formula is C20H20N2O3S. The Morgan fingerprint density at radius 3 is 2.62 bits per heavy atom. The summed E-state index contributed by atoms with van der Waals surface area (Å²) < 4.78 is 12.1. The van der Waals surface area contributed by atoms with E-state index in [4.69, 9.17) is 9.47 Å². The third kappa shape index (κ3) is 3.91. The van der Waals surface area contributed by atoms with Crippen LogP contribution in [-0.4, -0.2) is 23.8 Å². The molecule has 0 bridgehead atoms. The summed E-state index contributed by atoms with van der Waals surface area (Å²) in [7, 11) is 3.15. The van der Waals surface area contributed by atoms with Crippen molar-refractivity contribution >= 4 is 11.8 Å². The van der Waals surface area contributed by atoms with Crippen molar-refractivity contribution in [1.82, 2.24) is 9.55 Å². The predicted octanol–water partition coefficient (Wildman–Crippen LogP) is 3.85. The van der Waals surface area contributed by atoms with E-state index in [0.717, 1.165) is 5.56 Å². The van der Waals surface area contributed by atoms with Crippen LogP contribution >= 0.6 is 11.8 Å². The third-order valence-electron chi connectivity index (χ3n) is 3.91. The van der Waals surface area contributed by atoms with E-state index < -0.39 is 0 Å². The zero-order chi connectivity index (χ0) is 18.5. The second kappa shape index (κ2) is 8.10. The van der Waals surface area contributed by atoms with Crippen LogP contribution in [0.3, 0.4) is 0 Å². The lowest BCUT2D eigenvalue weighted by molar-refractivity contribution is 0.355. The molecule has 3 aromatic rings. The predicted molar refractivity (Wildman–Crippen MR) is 104 cm³/mol. The summed E-state index contributed by atoms with van der Waals surface area (Å²) in [6.07, 6.45) is 3.29. The molecular weight excluding hydrogens is 348 g/mol. The zero-order valence-electron chi connectivity index (χ0n) is 14.9. The molecule has 0 N–H and O–H groups in total. The number of hydrogen-bond acceptors (Lipinski definition) is 5. The van der Waals surface area contributed by atoms with Crippen molar-refractivity contribution in [3.8, 4) is 17.2 Å². The normalized spacial score (nSPS) is 10.6. The monoisotopic (exact) mass is 368 g/mol. The van der Waals surface area contributed by atoms with Gasteiger partial charge in [-0.15, -0.1) is 0 Å². The molecule has 0 atom stereocenters. The van der Waals surface area contributed by atoms with E-state index in [-0.39, 0.29) is 5.56 Å². The molecule has 0 amide bonds. The lowest BCUT2D eigenvalue weighted by atomic mass is 10.2. The molecule has 6 heteroatoms. The Morgan fingerprint density at radius 2 is 1.88 bits per heavy atom. The fraction of sp³-hybridized carbons (Fsp3) is 0.200. The fourth-order valence-corrected chi connectivity index (χ4v) is 3.46. The number of benzene rings is 2. The number of nitrogens with zero attached hydrogens (tertiary/aromatic N) is 2. The first kappa shape index (κ1) is 18.1. The number of methoxy groups -OCH3 is 2. The van der Waals surface area contributed by atoms with Gasteiger partial charge >= 0.3 is 0 Å². The average molecular weight is 368 g/mol. The summed E-state index contributed by atoms with van der Waals surface area (Å²) >= 11 is 1.43. The number of aromatic nitrogens is 2. The number of hydrogen-bond donors (Lipinski definition) is 0. The third-order valence-corrected chi connectivity index (χ3v) is 4.94.